The summed E-state index contributed by atoms with van der Waals surface area (Å²) in [4.78, 5) is 39.7. The first-order valence-corrected chi connectivity index (χ1v) is 20.5. The van der Waals surface area contributed by atoms with E-state index in [9.17, 15) is 14.5 Å². The summed E-state index contributed by atoms with van der Waals surface area (Å²) in [5, 5.41) is 6.86. The van der Waals surface area contributed by atoms with Crippen molar-refractivity contribution >= 4 is 27.3 Å². The molecule has 284 valence electrons. The van der Waals surface area contributed by atoms with Crippen molar-refractivity contribution in [3.05, 3.63) is 22.7 Å². The quantitative estimate of drug-likeness (QED) is 0.0792. The van der Waals surface area contributed by atoms with E-state index >= 15 is 0 Å². The Bertz CT molecular complexity index is 1260. The molecule has 13 atom stereocenters. The second kappa shape index (κ2) is 18.3. The highest BCUT2D eigenvalue weighted by Gasteiger charge is 2.59. The maximum absolute atomic E-state index is 13.1. The lowest BCUT2D eigenvalue weighted by Crippen LogP contribution is -2.58. The number of aromatic nitrogens is 2. The van der Waals surface area contributed by atoms with Crippen LogP contribution in [0.3, 0.4) is 0 Å². The van der Waals surface area contributed by atoms with Gasteiger partial charge in [-0.1, -0.05) is 82.1 Å². The molecule has 2 radical (unpaired) electrons. The molecule has 2 saturated heterocycles. The van der Waals surface area contributed by atoms with Gasteiger partial charge in [-0.15, -0.1) is 0 Å². The molecular formula is C36H66BN5O7P+. The van der Waals surface area contributed by atoms with Crippen LogP contribution in [-0.2, 0) is 18.5 Å². The number of nitrogens with zero attached hydrogens (tertiary/aromatic N) is 2. The summed E-state index contributed by atoms with van der Waals surface area (Å²) in [5.74, 6) is 4.61. The largest absolute Gasteiger partial charge is 0.488 e. The number of fused-ring (bicyclic) bond motifs is 1. The number of nitrogens with one attached hydrogen (secondary N) is 2. The van der Waals surface area contributed by atoms with E-state index in [1.165, 1.54) is 29.7 Å². The van der Waals surface area contributed by atoms with Crippen LogP contribution >= 0.6 is 7.82 Å². The van der Waals surface area contributed by atoms with E-state index in [0.29, 0.717) is 53.9 Å². The van der Waals surface area contributed by atoms with Crippen LogP contribution in [0.1, 0.15) is 108 Å². The molecule has 3 heterocycles. The number of alkyl carbamates (subject to hydrolysis) is 1. The Labute approximate surface area is 302 Å². The molecule has 0 bridgehead atoms. The summed E-state index contributed by atoms with van der Waals surface area (Å²) in [7, 11) is 2.12. The fourth-order valence-electron chi connectivity index (χ4n) is 7.81. The van der Waals surface area contributed by atoms with Gasteiger partial charge in [0.15, 0.2) is 18.4 Å². The van der Waals surface area contributed by atoms with Gasteiger partial charge in [0.1, 0.15) is 18.5 Å². The van der Waals surface area contributed by atoms with E-state index < -0.39 is 44.1 Å². The smallest absolute Gasteiger partial charge is 0.438 e. The van der Waals surface area contributed by atoms with Gasteiger partial charge in [-0.2, -0.15) is 14.0 Å². The number of rotatable bonds is 18. The van der Waals surface area contributed by atoms with Crippen LogP contribution in [0.4, 0.5) is 10.6 Å². The third-order valence-corrected chi connectivity index (χ3v) is 14.0. The molecule has 1 amide bonds. The molecule has 14 heteroatoms. The first-order valence-electron chi connectivity index (χ1n) is 18.8. The number of hydrogen-bond donors (Lipinski definition) is 4. The number of nitrogens with two attached hydrogens (primary N) is 1. The summed E-state index contributed by atoms with van der Waals surface area (Å²) in [6, 6.07) is 1.44. The van der Waals surface area contributed by atoms with Gasteiger partial charge in [0, 0.05) is 18.3 Å². The number of hydrogen-bond acceptors (Lipinski definition) is 10. The molecule has 5 N–H and O–H groups in total. The van der Waals surface area contributed by atoms with E-state index in [0.717, 1.165) is 19.4 Å². The monoisotopic (exact) mass is 722 g/mol. The van der Waals surface area contributed by atoms with Crippen LogP contribution in [0.15, 0.2) is 17.1 Å². The molecule has 0 aromatic carbocycles. The van der Waals surface area contributed by atoms with E-state index in [2.05, 4.69) is 91.8 Å². The van der Waals surface area contributed by atoms with Crippen molar-refractivity contribution < 1.29 is 28.2 Å². The van der Waals surface area contributed by atoms with Crippen LogP contribution in [-0.4, -0.2) is 71.7 Å². The Kier molecular flexibility index (Phi) is 15.6. The summed E-state index contributed by atoms with van der Waals surface area (Å²) < 4.78 is 23.7. The maximum Gasteiger partial charge on any atom is 0.488 e. The van der Waals surface area contributed by atoms with Gasteiger partial charge >= 0.3 is 27.2 Å². The lowest BCUT2D eigenvalue weighted by atomic mass is 9.61. The Morgan fingerprint density at radius 1 is 1.06 bits per heavy atom. The second-order valence-electron chi connectivity index (χ2n) is 15.5. The van der Waals surface area contributed by atoms with Gasteiger partial charge in [-0.05, 0) is 79.7 Å². The number of nitrogen functional groups attached to an aromatic ring is 1. The number of unbranched alkanes of at least 4 members (excludes halogenated alkanes) is 1. The highest BCUT2D eigenvalue weighted by Crippen LogP contribution is 2.58. The Hall–Kier alpha value is -1.76. The highest BCUT2D eigenvalue weighted by molar-refractivity contribution is 7.85. The van der Waals surface area contributed by atoms with E-state index in [-0.39, 0.29) is 18.0 Å². The standard InChI is InChI=1S/C36H66BN5O7P/c1-12-21(3)23(5)25(7)27(9)36(11,28(10)26(8)24(6)22(4)13-2)40-18-15-14-17-39-35(44)48-32-31-29(20-46-50(37,45)49-31)47-33(32)42-19-16-30(38)41-34(42)43/h16,19,21-29,31-33,40,45H,12-15,17-18,20H2,1-11H3,(H,39,44)(H2,38,41,43)/q+1/t21?,22?,23?,24?,25?,26?,27?,28?,29-,31-,32?,33-,36?,50?/m1/s1. The van der Waals surface area contributed by atoms with Crippen molar-refractivity contribution in [2.75, 3.05) is 25.4 Å². The second-order valence-corrected chi connectivity index (χ2v) is 17.1. The molecule has 0 aliphatic carbocycles. The molecule has 2 fully saturated rings. The van der Waals surface area contributed by atoms with Crippen LogP contribution in [0.2, 0.25) is 0 Å². The van der Waals surface area contributed by atoms with Gasteiger partial charge in [0.25, 0.3) is 0 Å². The zero-order valence-electron chi connectivity index (χ0n) is 32.4. The normalized spacial score (nSPS) is 29.8. The minimum Gasteiger partial charge on any atom is -0.438 e. The third-order valence-electron chi connectivity index (χ3n) is 12.9. The zero-order valence-corrected chi connectivity index (χ0v) is 33.3. The first kappa shape index (κ1) is 42.7. The molecule has 10 unspecified atom stereocenters. The number of amides is 1. The predicted molar refractivity (Wildman–Crippen MR) is 200 cm³/mol. The highest BCUT2D eigenvalue weighted by atomic mass is 31.2. The van der Waals surface area contributed by atoms with Crippen molar-refractivity contribution in [2.24, 2.45) is 47.3 Å². The van der Waals surface area contributed by atoms with Crippen LogP contribution < -0.4 is 22.1 Å². The molecule has 0 saturated carbocycles. The molecule has 50 heavy (non-hydrogen) atoms. The lowest BCUT2D eigenvalue weighted by molar-refractivity contribution is -0.0633. The van der Waals surface area contributed by atoms with Gasteiger partial charge in [0.05, 0.1) is 0 Å². The van der Waals surface area contributed by atoms with E-state index in [4.69, 9.17) is 31.8 Å². The van der Waals surface area contributed by atoms with Gasteiger partial charge in [0.2, 0.25) is 0 Å². The fraction of sp³-hybridized carbons (Fsp3) is 0.861. The lowest BCUT2D eigenvalue weighted by Gasteiger charge is -2.50. The zero-order chi connectivity index (χ0) is 37.6. The third kappa shape index (κ3) is 10.2. The van der Waals surface area contributed by atoms with Crippen LogP contribution in [0, 0.1) is 47.3 Å². The summed E-state index contributed by atoms with van der Waals surface area (Å²) >= 11 is 0. The maximum atomic E-state index is 13.1. The molecule has 1 aromatic rings. The first-order chi connectivity index (χ1) is 23.4. The van der Waals surface area contributed by atoms with Crippen LogP contribution in [0.25, 0.3) is 0 Å². The summed E-state index contributed by atoms with van der Waals surface area (Å²) in [5.41, 5.74) is 4.91. The fourth-order valence-corrected chi connectivity index (χ4v) is 8.83. The molecule has 2 aliphatic heterocycles. The number of ether oxygens (including phenoxy) is 2. The summed E-state index contributed by atoms with van der Waals surface area (Å²) in [6.45, 7) is 27.4. The van der Waals surface area contributed by atoms with Gasteiger partial charge < -0.3 is 25.8 Å². The SMILES string of the molecule is [B][P+]1(O)OC[C@H]2O[C@@H](n3ccc(N)nc3=O)C(OC(=O)NCCCCNC(C)(C(C)C(C)C(C)C(C)CC)C(C)C(C)C(C)C(C)CC)[C@@H]2O1. The van der Waals surface area contributed by atoms with E-state index in [1.807, 2.05) is 0 Å². The Morgan fingerprint density at radius 2 is 1.62 bits per heavy atom. The van der Waals surface area contributed by atoms with Crippen LogP contribution in [0.5, 0.6) is 0 Å². The van der Waals surface area contributed by atoms with Crippen molar-refractivity contribution in [2.45, 2.75) is 132 Å². The molecule has 3 rings (SSSR count). The van der Waals surface area contributed by atoms with Crippen molar-refractivity contribution in [1.82, 2.24) is 20.2 Å². The average Bonchev–Trinajstić information content (AvgIpc) is 3.41. The van der Waals surface area contributed by atoms with Gasteiger partial charge in [-0.25, -0.2) is 14.5 Å². The Balaban J connectivity index is 1.63. The average molecular weight is 723 g/mol. The predicted octanol–water partition coefficient (Wildman–Crippen LogP) is 6.11. The molecule has 1 aromatic heterocycles. The number of carbonyl (C=O) groups is 1. The minimum absolute atomic E-state index is 0.0442. The van der Waals surface area contributed by atoms with E-state index in [1.54, 1.807) is 0 Å². The van der Waals surface area contributed by atoms with Crippen molar-refractivity contribution in [1.29, 1.82) is 0 Å². The molecular weight excluding hydrogens is 656 g/mol. The van der Waals surface area contributed by atoms with Crippen molar-refractivity contribution in [3.8, 4) is 0 Å². The molecule has 0 spiro atoms. The number of anilines is 1. The molecule has 2 aliphatic rings. The summed E-state index contributed by atoms with van der Waals surface area (Å²) in [6.07, 6.45) is 0.788. The van der Waals surface area contributed by atoms with Crippen molar-refractivity contribution in [3.63, 3.8) is 0 Å². The Morgan fingerprint density at radius 3 is 2.16 bits per heavy atom. The molecule has 12 nitrogen and oxygen atoms in total. The van der Waals surface area contributed by atoms with Gasteiger partial charge in [-0.3, -0.25) is 4.57 Å². The topological polar surface area (TPSA) is 159 Å². The minimum atomic E-state index is -3.65. The number of carbonyl (C=O) groups excluding carboxylic acids is 1.